The van der Waals surface area contributed by atoms with Gasteiger partial charge in [-0.3, -0.25) is 9.59 Å². The zero-order valence-electron chi connectivity index (χ0n) is 11.6. The number of hydrogen-bond acceptors (Lipinski definition) is 3. The van der Waals surface area contributed by atoms with Crippen molar-refractivity contribution in [1.29, 1.82) is 0 Å². The molecule has 1 aromatic rings. The van der Waals surface area contributed by atoms with E-state index in [1.165, 1.54) is 0 Å². The average Bonchev–Trinajstić information content (AvgIpc) is 2.43. The molecule has 1 unspecified atom stereocenters. The molecule has 0 radical (unpaired) electrons. The first-order valence-electron chi connectivity index (χ1n) is 6.31. The Morgan fingerprint density at radius 3 is 2.21 bits per heavy atom. The van der Waals surface area contributed by atoms with Crippen LogP contribution in [0.3, 0.4) is 0 Å². The van der Waals surface area contributed by atoms with E-state index in [2.05, 4.69) is 10.6 Å². The predicted octanol–water partition coefficient (Wildman–Crippen LogP) is 0.646. The Hall–Kier alpha value is -1.88. The number of hydrogen-bond donors (Lipinski definition) is 3. The van der Waals surface area contributed by atoms with Crippen molar-refractivity contribution in [2.24, 2.45) is 11.7 Å². The van der Waals surface area contributed by atoms with Crippen LogP contribution in [-0.4, -0.2) is 24.9 Å². The topological polar surface area (TPSA) is 84.2 Å². The van der Waals surface area contributed by atoms with Crippen LogP contribution in [0.5, 0.6) is 0 Å². The van der Waals surface area contributed by atoms with Gasteiger partial charge in [0.2, 0.25) is 5.91 Å². The summed E-state index contributed by atoms with van der Waals surface area (Å²) in [4.78, 5) is 23.7. The number of likely N-dealkylation sites (N-methyl/N-ethyl adjacent to an activating group) is 1. The van der Waals surface area contributed by atoms with Gasteiger partial charge in [0.15, 0.2) is 0 Å². The molecule has 0 aromatic heterocycles. The summed E-state index contributed by atoms with van der Waals surface area (Å²) < 4.78 is 0. The maximum atomic E-state index is 12.1. The summed E-state index contributed by atoms with van der Waals surface area (Å²) in [6.45, 7) is 4.21. The minimum Gasteiger partial charge on any atom is -0.357 e. The fraction of sp³-hybridized carbons (Fsp3) is 0.429. The predicted molar refractivity (Wildman–Crippen MR) is 74.5 cm³/mol. The summed E-state index contributed by atoms with van der Waals surface area (Å²) in [5, 5.41) is 5.29. The molecule has 5 heteroatoms. The van der Waals surface area contributed by atoms with Gasteiger partial charge in [-0.25, -0.2) is 0 Å². The molecule has 0 aliphatic rings. The third-order valence-electron chi connectivity index (χ3n) is 2.93. The van der Waals surface area contributed by atoms with Crippen molar-refractivity contribution in [1.82, 2.24) is 10.6 Å². The first-order chi connectivity index (χ1) is 8.99. The average molecular weight is 263 g/mol. The molecule has 1 rings (SSSR count). The highest BCUT2D eigenvalue weighted by Gasteiger charge is 2.23. The maximum Gasteiger partial charge on any atom is 0.251 e. The van der Waals surface area contributed by atoms with Crippen LogP contribution in [-0.2, 0) is 11.3 Å². The first kappa shape index (κ1) is 15.2. The quantitative estimate of drug-likeness (QED) is 0.729. The molecule has 0 saturated carbocycles. The van der Waals surface area contributed by atoms with E-state index in [0.717, 1.165) is 5.56 Å². The molecule has 1 atom stereocenters. The third-order valence-corrected chi connectivity index (χ3v) is 2.93. The second kappa shape index (κ2) is 6.89. The molecule has 0 bridgehead atoms. The Morgan fingerprint density at radius 1 is 1.21 bits per heavy atom. The zero-order chi connectivity index (χ0) is 14.4. The molecule has 1 aromatic carbocycles. The SMILES string of the molecule is CNC(=O)C(NC(=O)c1ccc(CN)cc1)C(C)C. The molecule has 19 heavy (non-hydrogen) atoms. The molecule has 104 valence electrons. The Morgan fingerprint density at radius 2 is 1.79 bits per heavy atom. The van der Waals surface area contributed by atoms with Crippen molar-refractivity contribution in [2.75, 3.05) is 7.05 Å². The van der Waals surface area contributed by atoms with E-state index in [-0.39, 0.29) is 17.7 Å². The highest BCUT2D eigenvalue weighted by molar-refractivity contribution is 5.97. The van der Waals surface area contributed by atoms with Crippen molar-refractivity contribution in [3.05, 3.63) is 35.4 Å². The number of benzene rings is 1. The molecular formula is C14H21N3O2. The van der Waals surface area contributed by atoms with E-state index >= 15 is 0 Å². The lowest BCUT2D eigenvalue weighted by molar-refractivity contribution is -0.123. The van der Waals surface area contributed by atoms with E-state index in [4.69, 9.17) is 5.73 Å². The summed E-state index contributed by atoms with van der Waals surface area (Å²) in [5.41, 5.74) is 6.98. The largest absolute Gasteiger partial charge is 0.357 e. The van der Waals surface area contributed by atoms with Crippen LogP contribution in [0.25, 0.3) is 0 Å². The Bertz CT molecular complexity index is 441. The minimum atomic E-state index is -0.535. The summed E-state index contributed by atoms with van der Waals surface area (Å²) in [7, 11) is 1.56. The minimum absolute atomic E-state index is 0.0206. The van der Waals surface area contributed by atoms with Gasteiger partial charge in [-0.15, -0.1) is 0 Å². The van der Waals surface area contributed by atoms with E-state index in [9.17, 15) is 9.59 Å². The lowest BCUT2D eigenvalue weighted by atomic mass is 10.0. The zero-order valence-corrected chi connectivity index (χ0v) is 11.6. The molecule has 0 aliphatic carbocycles. The maximum absolute atomic E-state index is 12.1. The fourth-order valence-corrected chi connectivity index (χ4v) is 1.71. The van der Waals surface area contributed by atoms with Gasteiger partial charge in [-0.2, -0.15) is 0 Å². The molecular weight excluding hydrogens is 242 g/mol. The normalized spacial score (nSPS) is 12.1. The Balaban J connectivity index is 2.78. The number of nitrogens with one attached hydrogen (secondary N) is 2. The summed E-state index contributed by atoms with van der Waals surface area (Å²) >= 11 is 0. The molecule has 0 aliphatic heterocycles. The fourth-order valence-electron chi connectivity index (χ4n) is 1.71. The second-order valence-corrected chi connectivity index (χ2v) is 4.71. The van der Waals surface area contributed by atoms with Gasteiger partial charge in [0.05, 0.1) is 0 Å². The standard InChI is InChI=1S/C14H21N3O2/c1-9(2)12(14(19)16-3)17-13(18)11-6-4-10(8-15)5-7-11/h4-7,9,12H,8,15H2,1-3H3,(H,16,19)(H,17,18). The summed E-state index contributed by atoms with van der Waals surface area (Å²) in [6.07, 6.45) is 0. The monoisotopic (exact) mass is 263 g/mol. The van der Waals surface area contributed by atoms with Gasteiger partial charge < -0.3 is 16.4 Å². The van der Waals surface area contributed by atoms with Crippen LogP contribution in [0.1, 0.15) is 29.8 Å². The highest BCUT2D eigenvalue weighted by Crippen LogP contribution is 2.07. The van der Waals surface area contributed by atoms with Gasteiger partial charge in [-0.05, 0) is 23.6 Å². The Kier molecular flexibility index (Phi) is 5.51. The van der Waals surface area contributed by atoms with Crippen molar-refractivity contribution >= 4 is 11.8 Å². The number of nitrogens with two attached hydrogens (primary N) is 1. The van der Waals surface area contributed by atoms with Gasteiger partial charge >= 0.3 is 0 Å². The van der Waals surface area contributed by atoms with Crippen LogP contribution in [0, 0.1) is 5.92 Å². The Labute approximate surface area is 113 Å². The van der Waals surface area contributed by atoms with Crippen LogP contribution >= 0.6 is 0 Å². The number of amides is 2. The number of rotatable bonds is 5. The van der Waals surface area contributed by atoms with Crippen molar-refractivity contribution in [3.8, 4) is 0 Å². The molecule has 0 fully saturated rings. The van der Waals surface area contributed by atoms with Crippen LogP contribution in [0.2, 0.25) is 0 Å². The molecule has 0 spiro atoms. The summed E-state index contributed by atoms with van der Waals surface area (Å²) in [6, 6.07) is 6.49. The van der Waals surface area contributed by atoms with E-state index in [0.29, 0.717) is 12.1 Å². The van der Waals surface area contributed by atoms with Gasteiger partial charge in [0, 0.05) is 19.2 Å². The van der Waals surface area contributed by atoms with Gasteiger partial charge in [0.1, 0.15) is 6.04 Å². The van der Waals surface area contributed by atoms with Crippen molar-refractivity contribution in [3.63, 3.8) is 0 Å². The lowest BCUT2D eigenvalue weighted by Gasteiger charge is -2.20. The molecule has 0 saturated heterocycles. The second-order valence-electron chi connectivity index (χ2n) is 4.71. The molecule has 2 amide bonds. The highest BCUT2D eigenvalue weighted by atomic mass is 16.2. The van der Waals surface area contributed by atoms with E-state index in [1.54, 1.807) is 31.3 Å². The molecule has 4 N–H and O–H groups in total. The van der Waals surface area contributed by atoms with Crippen LogP contribution < -0.4 is 16.4 Å². The van der Waals surface area contributed by atoms with Crippen molar-refractivity contribution in [2.45, 2.75) is 26.4 Å². The molecule has 0 heterocycles. The lowest BCUT2D eigenvalue weighted by Crippen LogP contribution is -2.48. The van der Waals surface area contributed by atoms with E-state index < -0.39 is 6.04 Å². The van der Waals surface area contributed by atoms with Crippen LogP contribution in [0.4, 0.5) is 0 Å². The van der Waals surface area contributed by atoms with Gasteiger partial charge in [-0.1, -0.05) is 26.0 Å². The first-order valence-corrected chi connectivity index (χ1v) is 6.31. The number of carbonyl (C=O) groups excluding carboxylic acids is 2. The van der Waals surface area contributed by atoms with Gasteiger partial charge in [0.25, 0.3) is 5.91 Å². The molecule has 5 nitrogen and oxygen atoms in total. The smallest absolute Gasteiger partial charge is 0.251 e. The summed E-state index contributed by atoms with van der Waals surface area (Å²) in [5.74, 6) is -0.431. The number of carbonyl (C=O) groups is 2. The van der Waals surface area contributed by atoms with Crippen molar-refractivity contribution < 1.29 is 9.59 Å². The van der Waals surface area contributed by atoms with Crippen LogP contribution in [0.15, 0.2) is 24.3 Å². The van der Waals surface area contributed by atoms with E-state index in [1.807, 2.05) is 13.8 Å². The third kappa shape index (κ3) is 4.06.